The standard InChI is InChI=1S/C13H18ClNO/c1-15-12-6-3-7-13(12)16-9-10-4-2-5-11(14)8-10/h2,4-5,8,12-13,15H,3,6-7,9H2,1H3. The first-order valence-electron chi connectivity index (χ1n) is 5.83. The summed E-state index contributed by atoms with van der Waals surface area (Å²) in [6.07, 6.45) is 3.98. The smallest absolute Gasteiger partial charge is 0.0732 e. The molecule has 2 rings (SSSR count). The topological polar surface area (TPSA) is 21.3 Å². The largest absolute Gasteiger partial charge is 0.372 e. The van der Waals surface area contributed by atoms with E-state index >= 15 is 0 Å². The predicted molar refractivity (Wildman–Crippen MR) is 66.7 cm³/mol. The van der Waals surface area contributed by atoms with Gasteiger partial charge in [0.25, 0.3) is 0 Å². The third-order valence-electron chi connectivity index (χ3n) is 3.18. The minimum absolute atomic E-state index is 0.351. The van der Waals surface area contributed by atoms with Crippen molar-refractivity contribution >= 4 is 11.6 Å². The SMILES string of the molecule is CNC1CCCC1OCc1cccc(Cl)c1. The fourth-order valence-electron chi connectivity index (χ4n) is 2.29. The van der Waals surface area contributed by atoms with Gasteiger partial charge in [-0.05, 0) is 44.0 Å². The molecule has 1 aliphatic rings. The maximum atomic E-state index is 5.93. The highest BCUT2D eigenvalue weighted by atomic mass is 35.5. The van der Waals surface area contributed by atoms with Crippen molar-refractivity contribution in [2.24, 2.45) is 0 Å². The Hall–Kier alpha value is -0.570. The fourth-order valence-corrected chi connectivity index (χ4v) is 2.50. The molecule has 0 bridgehead atoms. The molecule has 1 aromatic rings. The number of hydrogen-bond acceptors (Lipinski definition) is 2. The lowest BCUT2D eigenvalue weighted by molar-refractivity contribution is 0.0295. The van der Waals surface area contributed by atoms with Gasteiger partial charge >= 0.3 is 0 Å². The van der Waals surface area contributed by atoms with Crippen LogP contribution in [0.15, 0.2) is 24.3 Å². The van der Waals surface area contributed by atoms with Crippen LogP contribution in [0.2, 0.25) is 5.02 Å². The van der Waals surface area contributed by atoms with Gasteiger partial charge in [-0.1, -0.05) is 23.7 Å². The number of likely N-dealkylation sites (N-methyl/N-ethyl adjacent to an activating group) is 1. The summed E-state index contributed by atoms with van der Waals surface area (Å²) in [4.78, 5) is 0. The van der Waals surface area contributed by atoms with Gasteiger partial charge in [-0.25, -0.2) is 0 Å². The number of ether oxygens (including phenoxy) is 1. The number of rotatable bonds is 4. The van der Waals surface area contributed by atoms with Gasteiger partial charge in [0.1, 0.15) is 0 Å². The molecule has 0 heterocycles. The molecule has 2 atom stereocenters. The van der Waals surface area contributed by atoms with Gasteiger partial charge in [0.05, 0.1) is 12.7 Å². The molecule has 1 saturated carbocycles. The Morgan fingerprint density at radius 1 is 1.44 bits per heavy atom. The van der Waals surface area contributed by atoms with Crippen molar-refractivity contribution in [3.8, 4) is 0 Å². The quantitative estimate of drug-likeness (QED) is 0.872. The summed E-state index contributed by atoms with van der Waals surface area (Å²) < 4.78 is 5.93. The van der Waals surface area contributed by atoms with Crippen molar-refractivity contribution in [2.45, 2.75) is 38.0 Å². The number of nitrogens with one attached hydrogen (secondary N) is 1. The third kappa shape index (κ3) is 2.97. The maximum Gasteiger partial charge on any atom is 0.0732 e. The molecule has 1 aromatic carbocycles. The van der Waals surface area contributed by atoms with Gasteiger partial charge in [-0.2, -0.15) is 0 Å². The second-order valence-corrected chi connectivity index (χ2v) is 4.74. The first kappa shape index (κ1) is 11.9. The summed E-state index contributed by atoms with van der Waals surface area (Å²) in [5.41, 5.74) is 1.15. The molecule has 0 aromatic heterocycles. The zero-order valence-electron chi connectivity index (χ0n) is 9.58. The molecule has 2 unspecified atom stereocenters. The fraction of sp³-hybridized carbons (Fsp3) is 0.538. The molecule has 1 N–H and O–H groups in total. The normalized spacial score (nSPS) is 24.9. The molecule has 3 heteroatoms. The van der Waals surface area contributed by atoms with Gasteiger partial charge in [0.2, 0.25) is 0 Å². The lowest BCUT2D eigenvalue weighted by Gasteiger charge is -2.19. The molecular formula is C13H18ClNO. The second kappa shape index (κ2) is 5.67. The molecular weight excluding hydrogens is 222 g/mol. The van der Waals surface area contributed by atoms with Crippen LogP contribution < -0.4 is 5.32 Å². The van der Waals surface area contributed by atoms with Gasteiger partial charge in [-0.15, -0.1) is 0 Å². The van der Waals surface area contributed by atoms with Gasteiger partial charge in [0, 0.05) is 11.1 Å². The van der Waals surface area contributed by atoms with E-state index in [1.807, 2.05) is 25.2 Å². The summed E-state index contributed by atoms with van der Waals surface area (Å²) in [7, 11) is 2.01. The molecule has 2 nitrogen and oxygen atoms in total. The summed E-state index contributed by atoms with van der Waals surface area (Å²) >= 11 is 5.93. The Balaban J connectivity index is 1.87. The van der Waals surface area contributed by atoms with Crippen molar-refractivity contribution < 1.29 is 4.74 Å². The Kier molecular flexibility index (Phi) is 4.22. The van der Waals surface area contributed by atoms with Crippen LogP contribution in [0.1, 0.15) is 24.8 Å². The van der Waals surface area contributed by atoms with Gasteiger partial charge in [-0.3, -0.25) is 0 Å². The van der Waals surface area contributed by atoms with Crippen molar-refractivity contribution in [2.75, 3.05) is 7.05 Å². The molecule has 0 amide bonds. The van der Waals surface area contributed by atoms with E-state index < -0.39 is 0 Å². The van der Waals surface area contributed by atoms with E-state index in [4.69, 9.17) is 16.3 Å². The van der Waals surface area contributed by atoms with Gasteiger partial charge < -0.3 is 10.1 Å². The molecule has 88 valence electrons. The van der Waals surface area contributed by atoms with Crippen LogP contribution in [0, 0.1) is 0 Å². The highest BCUT2D eigenvalue weighted by Gasteiger charge is 2.26. The van der Waals surface area contributed by atoms with Crippen LogP contribution in [0.3, 0.4) is 0 Å². The molecule has 1 fully saturated rings. The lowest BCUT2D eigenvalue weighted by Crippen LogP contribution is -2.34. The summed E-state index contributed by atoms with van der Waals surface area (Å²) in [6, 6.07) is 8.38. The van der Waals surface area contributed by atoms with Gasteiger partial charge in [0.15, 0.2) is 0 Å². The monoisotopic (exact) mass is 239 g/mol. The molecule has 0 spiro atoms. The maximum absolute atomic E-state index is 5.93. The highest BCUT2D eigenvalue weighted by Crippen LogP contribution is 2.23. The number of halogens is 1. The van der Waals surface area contributed by atoms with E-state index in [0.717, 1.165) is 17.0 Å². The van der Waals surface area contributed by atoms with Crippen molar-refractivity contribution in [1.29, 1.82) is 0 Å². The van der Waals surface area contributed by atoms with E-state index in [1.165, 1.54) is 12.8 Å². The average molecular weight is 240 g/mol. The minimum atomic E-state index is 0.351. The Labute approximate surface area is 102 Å². The van der Waals surface area contributed by atoms with E-state index in [1.54, 1.807) is 0 Å². The van der Waals surface area contributed by atoms with Crippen molar-refractivity contribution in [3.05, 3.63) is 34.9 Å². The molecule has 16 heavy (non-hydrogen) atoms. The third-order valence-corrected chi connectivity index (χ3v) is 3.41. The predicted octanol–water partition coefficient (Wildman–Crippen LogP) is 3.00. The second-order valence-electron chi connectivity index (χ2n) is 4.31. The molecule has 1 aliphatic carbocycles. The van der Waals surface area contributed by atoms with Crippen LogP contribution in [-0.4, -0.2) is 19.2 Å². The van der Waals surface area contributed by atoms with E-state index in [2.05, 4.69) is 11.4 Å². The molecule has 0 radical (unpaired) electrons. The van der Waals surface area contributed by atoms with Crippen LogP contribution >= 0.6 is 11.6 Å². The Morgan fingerprint density at radius 2 is 2.31 bits per heavy atom. The van der Waals surface area contributed by atoms with E-state index in [-0.39, 0.29) is 0 Å². The van der Waals surface area contributed by atoms with Crippen LogP contribution in [-0.2, 0) is 11.3 Å². The van der Waals surface area contributed by atoms with Crippen LogP contribution in [0.25, 0.3) is 0 Å². The highest BCUT2D eigenvalue weighted by molar-refractivity contribution is 6.30. The number of hydrogen-bond donors (Lipinski definition) is 1. The number of benzene rings is 1. The summed E-state index contributed by atoms with van der Waals surface area (Å²) in [5.74, 6) is 0. The van der Waals surface area contributed by atoms with Crippen LogP contribution in [0.4, 0.5) is 0 Å². The van der Waals surface area contributed by atoms with Crippen molar-refractivity contribution in [3.63, 3.8) is 0 Å². The van der Waals surface area contributed by atoms with Crippen molar-refractivity contribution in [1.82, 2.24) is 5.32 Å². The molecule has 0 saturated heterocycles. The first-order valence-corrected chi connectivity index (χ1v) is 6.20. The van der Waals surface area contributed by atoms with E-state index in [9.17, 15) is 0 Å². The Bertz CT molecular complexity index is 342. The lowest BCUT2D eigenvalue weighted by atomic mass is 10.2. The molecule has 0 aliphatic heterocycles. The summed E-state index contributed by atoms with van der Waals surface area (Å²) in [6.45, 7) is 0.656. The minimum Gasteiger partial charge on any atom is -0.372 e. The van der Waals surface area contributed by atoms with Crippen LogP contribution in [0.5, 0.6) is 0 Å². The van der Waals surface area contributed by atoms with E-state index in [0.29, 0.717) is 18.8 Å². The first-order chi connectivity index (χ1) is 7.79. The Morgan fingerprint density at radius 3 is 3.06 bits per heavy atom. The zero-order valence-corrected chi connectivity index (χ0v) is 10.3. The summed E-state index contributed by atoms with van der Waals surface area (Å²) in [5, 5.41) is 4.09. The average Bonchev–Trinajstić information content (AvgIpc) is 2.74. The zero-order chi connectivity index (χ0) is 11.4.